The van der Waals surface area contributed by atoms with E-state index in [-0.39, 0.29) is 11.1 Å². The van der Waals surface area contributed by atoms with Crippen LogP contribution in [0.15, 0.2) is 58.3 Å². The largest absolute Gasteiger partial charge is 0.380 e. The number of anilines is 2. The Kier molecular flexibility index (Phi) is 8.47. The van der Waals surface area contributed by atoms with Crippen LogP contribution >= 0.6 is 0 Å². The molecule has 0 fully saturated rings. The molecule has 0 amide bonds. The molecule has 2 aromatic rings. The van der Waals surface area contributed by atoms with E-state index >= 15 is 0 Å². The zero-order valence-electron chi connectivity index (χ0n) is 18.7. The Labute approximate surface area is 178 Å². The summed E-state index contributed by atoms with van der Waals surface area (Å²) in [4.78, 5) is 1.20. The van der Waals surface area contributed by atoms with Crippen molar-refractivity contribution in [3.05, 3.63) is 48.5 Å². The van der Waals surface area contributed by atoms with E-state index in [1.807, 2.05) is 51.1 Å². The van der Waals surface area contributed by atoms with Crippen molar-refractivity contribution in [2.24, 2.45) is 0 Å². The number of sulfone groups is 1. The van der Waals surface area contributed by atoms with Crippen LogP contribution in [0, 0.1) is 0 Å². The third-order valence-electron chi connectivity index (χ3n) is 3.47. The van der Waals surface area contributed by atoms with Gasteiger partial charge in [0.05, 0.1) is 4.90 Å². The molecule has 1 unspecified atom stereocenters. The van der Waals surface area contributed by atoms with E-state index in [9.17, 15) is 12.6 Å². The van der Waals surface area contributed by atoms with Crippen LogP contribution in [0.5, 0.6) is 0 Å². The Morgan fingerprint density at radius 3 is 1.66 bits per heavy atom. The van der Waals surface area contributed by atoms with Crippen LogP contribution in [0.1, 0.15) is 41.5 Å². The van der Waals surface area contributed by atoms with Crippen molar-refractivity contribution >= 4 is 32.0 Å². The van der Waals surface area contributed by atoms with Crippen molar-refractivity contribution < 1.29 is 12.6 Å². The highest BCUT2D eigenvalue weighted by molar-refractivity contribution is 7.90. The summed E-state index contributed by atoms with van der Waals surface area (Å²) in [6, 6.07) is 14.6. The van der Waals surface area contributed by atoms with Gasteiger partial charge in [-0.05, 0) is 77.9 Å². The first-order valence-corrected chi connectivity index (χ1v) is 12.8. The molecule has 2 rings (SSSR count). The van der Waals surface area contributed by atoms with Gasteiger partial charge in [0.2, 0.25) is 0 Å². The number of benzene rings is 2. The second-order valence-corrected chi connectivity index (χ2v) is 12.4. The van der Waals surface area contributed by atoms with Gasteiger partial charge in [-0.2, -0.15) is 0 Å². The van der Waals surface area contributed by atoms with Crippen molar-refractivity contribution in [2.75, 3.05) is 23.1 Å². The molecule has 0 aliphatic carbocycles. The van der Waals surface area contributed by atoms with E-state index < -0.39 is 20.6 Å². The van der Waals surface area contributed by atoms with Crippen molar-refractivity contribution in [2.45, 2.75) is 62.4 Å². The molecule has 0 aliphatic heterocycles. The van der Waals surface area contributed by atoms with Crippen molar-refractivity contribution in [1.82, 2.24) is 0 Å². The molecule has 0 aliphatic rings. The fourth-order valence-corrected chi connectivity index (χ4v) is 3.65. The van der Waals surface area contributed by atoms with Crippen molar-refractivity contribution in [3.8, 4) is 0 Å². The maximum Gasteiger partial charge on any atom is 0.175 e. The van der Waals surface area contributed by atoms with Crippen LogP contribution in [0.2, 0.25) is 0 Å². The molecule has 5 nitrogen and oxygen atoms in total. The van der Waals surface area contributed by atoms with E-state index in [1.165, 1.54) is 6.26 Å². The molecule has 7 heteroatoms. The first-order valence-electron chi connectivity index (χ1n) is 9.37. The molecule has 162 valence electrons. The van der Waals surface area contributed by atoms with Crippen LogP contribution in [-0.4, -0.2) is 36.2 Å². The van der Waals surface area contributed by atoms with E-state index in [1.54, 1.807) is 24.5 Å². The molecule has 0 spiro atoms. The van der Waals surface area contributed by atoms with Crippen LogP contribution in [-0.2, 0) is 20.6 Å². The average Bonchev–Trinajstić information content (AvgIpc) is 2.52. The Bertz CT molecular complexity index is 941. The van der Waals surface area contributed by atoms with Crippen LogP contribution in [0.25, 0.3) is 0 Å². The van der Waals surface area contributed by atoms with E-state index in [4.69, 9.17) is 0 Å². The number of rotatable bonds is 4. The third kappa shape index (κ3) is 10.5. The number of hydrogen-bond acceptors (Lipinski definition) is 5. The maximum atomic E-state index is 11.3. The minimum atomic E-state index is -3.12. The Hall–Kier alpha value is -1.86. The van der Waals surface area contributed by atoms with Gasteiger partial charge in [-0.15, -0.1) is 0 Å². The Balaban J connectivity index is 0.000000291. The summed E-state index contributed by atoms with van der Waals surface area (Å²) in [6.07, 6.45) is 2.90. The van der Waals surface area contributed by atoms with Gasteiger partial charge in [0.25, 0.3) is 0 Å². The summed E-state index contributed by atoms with van der Waals surface area (Å²) < 4.78 is 33.9. The summed E-state index contributed by atoms with van der Waals surface area (Å²) >= 11 is 0. The summed E-state index contributed by atoms with van der Waals surface area (Å²) in [5.41, 5.74) is 1.81. The summed E-state index contributed by atoms with van der Waals surface area (Å²) in [7, 11) is -4.03. The predicted octanol–water partition coefficient (Wildman–Crippen LogP) is 4.93. The first kappa shape index (κ1) is 25.2. The molecule has 29 heavy (non-hydrogen) atoms. The molecule has 0 heterocycles. The fraction of sp³-hybridized carbons (Fsp3) is 0.455. The lowest BCUT2D eigenvalue weighted by atomic mass is 10.1. The second kappa shape index (κ2) is 9.76. The summed E-state index contributed by atoms with van der Waals surface area (Å²) in [5, 5.41) is 6.57. The van der Waals surface area contributed by atoms with Gasteiger partial charge < -0.3 is 10.6 Å². The highest BCUT2D eigenvalue weighted by Gasteiger charge is 2.12. The molecule has 0 saturated heterocycles. The predicted molar refractivity (Wildman–Crippen MR) is 125 cm³/mol. The molecule has 0 bridgehead atoms. The number of nitrogens with one attached hydrogen (secondary N) is 2. The summed E-state index contributed by atoms with van der Waals surface area (Å²) in [5.74, 6) is 0. The molecule has 0 aromatic heterocycles. The Morgan fingerprint density at radius 1 is 0.793 bits per heavy atom. The van der Waals surface area contributed by atoms with Gasteiger partial charge in [-0.3, -0.25) is 4.21 Å². The van der Waals surface area contributed by atoms with Gasteiger partial charge in [-0.25, -0.2) is 8.42 Å². The highest BCUT2D eigenvalue weighted by Crippen LogP contribution is 2.19. The fourth-order valence-electron chi connectivity index (χ4n) is 2.42. The zero-order chi connectivity index (χ0) is 22.5. The monoisotopic (exact) mass is 438 g/mol. The minimum Gasteiger partial charge on any atom is -0.380 e. The van der Waals surface area contributed by atoms with E-state index in [2.05, 4.69) is 31.4 Å². The molecule has 0 radical (unpaired) electrons. The summed E-state index contributed by atoms with van der Waals surface area (Å²) in [6.45, 7) is 12.4. The van der Waals surface area contributed by atoms with Crippen LogP contribution in [0.3, 0.4) is 0 Å². The third-order valence-corrected chi connectivity index (χ3v) is 5.49. The van der Waals surface area contributed by atoms with Gasteiger partial charge >= 0.3 is 0 Å². The van der Waals surface area contributed by atoms with Gasteiger partial charge in [0.15, 0.2) is 9.84 Å². The van der Waals surface area contributed by atoms with Crippen molar-refractivity contribution in [1.29, 1.82) is 0 Å². The van der Waals surface area contributed by atoms with Gasteiger partial charge in [0.1, 0.15) is 0 Å². The van der Waals surface area contributed by atoms with Crippen molar-refractivity contribution in [3.63, 3.8) is 0 Å². The minimum absolute atomic E-state index is 0.0356. The van der Waals surface area contributed by atoms with Crippen LogP contribution in [0.4, 0.5) is 11.4 Å². The second-order valence-electron chi connectivity index (χ2n) is 9.03. The smallest absolute Gasteiger partial charge is 0.175 e. The van der Waals surface area contributed by atoms with Gasteiger partial charge in [0, 0.05) is 50.7 Å². The molecular formula is C22H34N2O3S2. The quantitative estimate of drug-likeness (QED) is 0.707. The average molecular weight is 439 g/mol. The molecule has 2 N–H and O–H groups in total. The molecule has 1 atom stereocenters. The lowest BCUT2D eigenvalue weighted by Gasteiger charge is -2.22. The maximum absolute atomic E-state index is 11.3. The first-order chi connectivity index (χ1) is 13.1. The molecule has 0 saturated carbocycles. The molecular weight excluding hydrogens is 404 g/mol. The Morgan fingerprint density at radius 2 is 1.24 bits per heavy atom. The van der Waals surface area contributed by atoms with E-state index in [0.29, 0.717) is 4.90 Å². The molecule has 2 aromatic carbocycles. The highest BCUT2D eigenvalue weighted by atomic mass is 32.2. The SMILES string of the molecule is CC(C)(C)Nc1cccc(S(C)(=O)=O)c1.CS(=O)c1cccc(NC(C)(C)C)c1. The lowest BCUT2D eigenvalue weighted by Crippen LogP contribution is -2.26. The lowest BCUT2D eigenvalue weighted by molar-refractivity contribution is 0.601. The van der Waals surface area contributed by atoms with Crippen LogP contribution < -0.4 is 10.6 Å². The topological polar surface area (TPSA) is 75.3 Å². The zero-order valence-corrected chi connectivity index (χ0v) is 20.3. The normalized spacial score (nSPS) is 13.1. The van der Waals surface area contributed by atoms with E-state index in [0.717, 1.165) is 16.3 Å². The standard InChI is InChI=1S/C11H17NO2S.C11H17NOS/c1-11(2,3)12-9-6-5-7-10(8-9)15(4,13)14;1-11(2,3)12-9-6-5-7-10(8-9)14(4)13/h5-8,12H,1-4H3;5-8,12H,1-4H3. The van der Waals surface area contributed by atoms with Gasteiger partial charge in [-0.1, -0.05) is 12.1 Å². The number of hydrogen-bond donors (Lipinski definition) is 2.